The van der Waals surface area contributed by atoms with Gasteiger partial charge in [-0.2, -0.15) is 0 Å². The highest BCUT2D eigenvalue weighted by molar-refractivity contribution is 5.86. The lowest BCUT2D eigenvalue weighted by atomic mass is 9.95. The van der Waals surface area contributed by atoms with Gasteiger partial charge in [0.1, 0.15) is 0 Å². The van der Waals surface area contributed by atoms with Crippen molar-refractivity contribution in [3.8, 4) is 0 Å². The monoisotopic (exact) mass is 380 g/mol. The molecule has 0 aromatic heterocycles. The van der Waals surface area contributed by atoms with Gasteiger partial charge >= 0.3 is 0 Å². The summed E-state index contributed by atoms with van der Waals surface area (Å²) in [6.45, 7) is 8.29. The van der Waals surface area contributed by atoms with Gasteiger partial charge < -0.3 is 4.90 Å². The fourth-order valence-corrected chi connectivity index (χ4v) is 3.35. The number of para-hydroxylation sites is 1. The molecule has 0 N–H and O–H groups in total. The van der Waals surface area contributed by atoms with Crippen LogP contribution in [-0.2, 0) is 6.42 Å². The van der Waals surface area contributed by atoms with Crippen molar-refractivity contribution in [2.75, 3.05) is 11.9 Å². The van der Waals surface area contributed by atoms with Crippen LogP contribution in [0.15, 0.2) is 96.6 Å². The maximum atomic E-state index is 4.17. The Morgan fingerprint density at radius 3 is 2.34 bits per heavy atom. The molecule has 0 fully saturated rings. The number of aliphatic imine (C=N–C) groups is 1. The van der Waals surface area contributed by atoms with Crippen molar-refractivity contribution in [1.29, 1.82) is 0 Å². The Labute approximate surface area is 174 Å². The highest BCUT2D eigenvalue weighted by Gasteiger charge is 2.12. The number of hydrogen-bond acceptors (Lipinski definition) is 2. The molecule has 0 aliphatic heterocycles. The Balaban J connectivity index is 2.02. The van der Waals surface area contributed by atoms with Gasteiger partial charge in [-0.15, -0.1) is 0 Å². The zero-order chi connectivity index (χ0) is 20.6. The SMILES string of the molecule is C=CN(c1ccccc1)c1cc(/C(=C/C=N\C)Cc2ccc(C)cc2)ccc1C. The standard InChI is InChI=1S/C27H28N2/c1-5-29(26-9-7-6-8-10-26)27-20-24(16-13-22(27)3)25(17-18-28-4)19-23-14-11-21(2)12-15-23/h5-18,20H,1,19H2,2-4H3/b25-17+,28-18-. The number of benzene rings is 3. The Hall–Kier alpha value is -3.39. The number of rotatable bonds is 7. The lowest BCUT2D eigenvalue weighted by Gasteiger charge is -2.23. The van der Waals surface area contributed by atoms with Gasteiger partial charge in [-0.1, -0.05) is 66.7 Å². The Morgan fingerprint density at radius 1 is 0.966 bits per heavy atom. The van der Waals surface area contributed by atoms with E-state index in [2.05, 4.69) is 91.0 Å². The molecule has 0 amide bonds. The molecule has 3 rings (SSSR count). The number of allylic oxidation sites excluding steroid dienone is 2. The van der Waals surface area contributed by atoms with Gasteiger partial charge in [-0.25, -0.2) is 0 Å². The third kappa shape index (κ3) is 5.11. The molecule has 0 radical (unpaired) electrons. The number of nitrogens with zero attached hydrogens (tertiary/aromatic N) is 2. The summed E-state index contributed by atoms with van der Waals surface area (Å²) in [5.41, 5.74) is 8.42. The van der Waals surface area contributed by atoms with Gasteiger partial charge in [0, 0.05) is 30.8 Å². The van der Waals surface area contributed by atoms with Crippen molar-refractivity contribution in [3.63, 3.8) is 0 Å². The van der Waals surface area contributed by atoms with Crippen LogP contribution in [0.2, 0.25) is 0 Å². The zero-order valence-corrected chi connectivity index (χ0v) is 17.5. The van der Waals surface area contributed by atoms with Crippen LogP contribution < -0.4 is 4.90 Å². The molecule has 0 spiro atoms. The molecule has 3 aromatic rings. The van der Waals surface area contributed by atoms with Crippen molar-refractivity contribution in [2.45, 2.75) is 20.3 Å². The van der Waals surface area contributed by atoms with E-state index in [4.69, 9.17) is 0 Å². The van der Waals surface area contributed by atoms with E-state index in [1.54, 1.807) is 7.05 Å². The lowest BCUT2D eigenvalue weighted by molar-refractivity contribution is 1.23. The van der Waals surface area contributed by atoms with Crippen LogP contribution in [0, 0.1) is 13.8 Å². The van der Waals surface area contributed by atoms with E-state index < -0.39 is 0 Å². The van der Waals surface area contributed by atoms with Crippen molar-refractivity contribution in [3.05, 3.63) is 114 Å². The van der Waals surface area contributed by atoms with Crippen molar-refractivity contribution < 1.29 is 0 Å². The van der Waals surface area contributed by atoms with Crippen molar-refractivity contribution in [2.24, 2.45) is 4.99 Å². The van der Waals surface area contributed by atoms with Crippen LogP contribution in [0.25, 0.3) is 5.57 Å². The van der Waals surface area contributed by atoms with E-state index in [9.17, 15) is 0 Å². The molecule has 0 bridgehead atoms. The Bertz CT molecular complexity index is 1010. The second kappa shape index (κ2) is 9.70. The average molecular weight is 381 g/mol. The fraction of sp³-hybridized carbons (Fsp3) is 0.148. The van der Waals surface area contributed by atoms with Crippen LogP contribution in [0.5, 0.6) is 0 Å². The summed E-state index contributed by atoms with van der Waals surface area (Å²) in [5, 5.41) is 0. The molecule has 0 aliphatic carbocycles. The van der Waals surface area contributed by atoms with Crippen LogP contribution in [0.4, 0.5) is 11.4 Å². The van der Waals surface area contributed by atoms with E-state index in [0.717, 1.165) is 17.8 Å². The summed E-state index contributed by atoms with van der Waals surface area (Å²) in [5.74, 6) is 0. The van der Waals surface area contributed by atoms with Crippen LogP contribution in [0.3, 0.4) is 0 Å². The minimum Gasteiger partial charge on any atom is -0.317 e. The Kier molecular flexibility index (Phi) is 6.80. The molecule has 0 saturated heterocycles. The van der Waals surface area contributed by atoms with Crippen molar-refractivity contribution in [1.82, 2.24) is 0 Å². The molecule has 0 unspecified atom stereocenters. The summed E-state index contributed by atoms with van der Waals surface area (Å²) in [6.07, 6.45) is 6.70. The van der Waals surface area contributed by atoms with E-state index in [1.807, 2.05) is 30.6 Å². The van der Waals surface area contributed by atoms with Gasteiger partial charge in [-0.3, -0.25) is 4.99 Å². The fourth-order valence-electron chi connectivity index (χ4n) is 3.35. The normalized spacial score (nSPS) is 11.6. The van der Waals surface area contributed by atoms with Gasteiger partial charge in [0.2, 0.25) is 0 Å². The molecule has 3 aromatic carbocycles. The molecular weight excluding hydrogens is 352 g/mol. The topological polar surface area (TPSA) is 15.6 Å². The highest BCUT2D eigenvalue weighted by atomic mass is 15.1. The number of anilines is 2. The second-order valence-corrected chi connectivity index (χ2v) is 7.15. The summed E-state index contributed by atoms with van der Waals surface area (Å²) in [6, 6.07) is 25.6. The summed E-state index contributed by atoms with van der Waals surface area (Å²) in [4.78, 5) is 6.30. The molecule has 0 saturated carbocycles. The molecular formula is C27H28N2. The summed E-state index contributed by atoms with van der Waals surface area (Å²) < 4.78 is 0. The van der Waals surface area contributed by atoms with E-state index in [-0.39, 0.29) is 0 Å². The van der Waals surface area contributed by atoms with Crippen LogP contribution in [0.1, 0.15) is 22.3 Å². The molecule has 0 heterocycles. The van der Waals surface area contributed by atoms with Gasteiger partial charge in [0.15, 0.2) is 0 Å². The first-order valence-corrected chi connectivity index (χ1v) is 9.87. The minimum absolute atomic E-state index is 0.855. The lowest BCUT2D eigenvalue weighted by Crippen LogP contribution is -2.09. The smallest absolute Gasteiger partial charge is 0.0490 e. The maximum absolute atomic E-state index is 4.17. The summed E-state index contributed by atoms with van der Waals surface area (Å²) >= 11 is 0. The predicted molar refractivity (Wildman–Crippen MR) is 127 cm³/mol. The molecule has 146 valence electrons. The Morgan fingerprint density at radius 2 is 1.69 bits per heavy atom. The molecule has 29 heavy (non-hydrogen) atoms. The highest BCUT2D eigenvalue weighted by Crippen LogP contribution is 2.32. The first kappa shape index (κ1) is 20.3. The first-order valence-electron chi connectivity index (χ1n) is 9.87. The van der Waals surface area contributed by atoms with Crippen LogP contribution >= 0.6 is 0 Å². The molecule has 0 atom stereocenters. The van der Waals surface area contributed by atoms with E-state index >= 15 is 0 Å². The van der Waals surface area contributed by atoms with E-state index in [1.165, 1.54) is 27.8 Å². The molecule has 0 aliphatic rings. The van der Waals surface area contributed by atoms with Gasteiger partial charge in [0.25, 0.3) is 0 Å². The van der Waals surface area contributed by atoms with E-state index in [0.29, 0.717) is 0 Å². The summed E-state index contributed by atoms with van der Waals surface area (Å²) in [7, 11) is 1.80. The molecule has 2 heteroatoms. The van der Waals surface area contributed by atoms with Gasteiger partial charge in [-0.05, 0) is 66.8 Å². The zero-order valence-electron chi connectivity index (χ0n) is 17.5. The number of aryl methyl sites for hydroxylation is 2. The quantitative estimate of drug-likeness (QED) is 0.407. The maximum Gasteiger partial charge on any atom is 0.0490 e. The second-order valence-electron chi connectivity index (χ2n) is 7.15. The predicted octanol–water partition coefficient (Wildman–Crippen LogP) is 6.91. The molecule has 2 nitrogen and oxygen atoms in total. The van der Waals surface area contributed by atoms with Crippen LogP contribution in [-0.4, -0.2) is 13.3 Å². The minimum atomic E-state index is 0.855. The largest absolute Gasteiger partial charge is 0.317 e. The average Bonchev–Trinajstić information content (AvgIpc) is 2.75. The van der Waals surface area contributed by atoms with Crippen molar-refractivity contribution >= 4 is 23.2 Å². The third-order valence-corrected chi connectivity index (χ3v) is 5.00. The third-order valence-electron chi connectivity index (χ3n) is 5.00. The first-order chi connectivity index (χ1) is 14.1. The number of hydrogen-bond donors (Lipinski definition) is 0. The van der Waals surface area contributed by atoms with Gasteiger partial charge in [0.05, 0.1) is 0 Å².